The number of aryl methyl sites for hydroxylation is 1. The Morgan fingerprint density at radius 3 is 2.61 bits per heavy atom. The second-order valence-corrected chi connectivity index (χ2v) is 4.48. The predicted octanol–water partition coefficient (Wildman–Crippen LogP) is 3.54. The van der Waals surface area contributed by atoms with E-state index in [0.717, 1.165) is 16.7 Å². The summed E-state index contributed by atoms with van der Waals surface area (Å²) in [5.74, 6) is -0.132. The number of carbonyl (C=O) groups excluding carboxylic acids is 1. The summed E-state index contributed by atoms with van der Waals surface area (Å²) in [6, 6.07) is 11.3. The molecule has 92 valence electrons. The lowest BCUT2D eigenvalue weighted by molar-refractivity contribution is 0.102. The molecule has 0 atom stereocenters. The molecule has 1 heterocycles. The Kier molecular flexibility index (Phi) is 4.10. The number of alkyl halides is 1. The van der Waals surface area contributed by atoms with Crippen LogP contribution in [0.25, 0.3) is 0 Å². The Morgan fingerprint density at radius 2 is 2.00 bits per heavy atom. The first-order valence-corrected chi connectivity index (χ1v) is 6.70. The van der Waals surface area contributed by atoms with E-state index in [2.05, 4.69) is 26.2 Å². The molecular weight excluding hydrogens is 292 g/mol. The maximum absolute atomic E-state index is 12.0. The van der Waals surface area contributed by atoms with Crippen molar-refractivity contribution < 1.29 is 4.79 Å². The third-order valence-electron chi connectivity index (χ3n) is 2.62. The van der Waals surface area contributed by atoms with Crippen molar-refractivity contribution in [3.8, 4) is 0 Å². The van der Waals surface area contributed by atoms with Crippen LogP contribution in [0.1, 0.15) is 21.6 Å². The fourth-order valence-corrected chi connectivity index (χ4v) is 1.97. The smallest absolute Gasteiger partial charge is 0.257 e. The molecule has 4 heteroatoms. The van der Waals surface area contributed by atoms with Gasteiger partial charge in [-0.1, -0.05) is 28.1 Å². The molecule has 0 aliphatic carbocycles. The van der Waals surface area contributed by atoms with E-state index in [0.29, 0.717) is 5.56 Å². The lowest BCUT2D eigenvalue weighted by atomic mass is 10.2. The van der Waals surface area contributed by atoms with E-state index in [-0.39, 0.29) is 5.91 Å². The van der Waals surface area contributed by atoms with Gasteiger partial charge in [0.25, 0.3) is 5.91 Å². The molecule has 0 saturated carbocycles. The Hall–Kier alpha value is -1.68. The second-order valence-electron chi connectivity index (χ2n) is 3.92. The van der Waals surface area contributed by atoms with Gasteiger partial charge >= 0.3 is 0 Å². The van der Waals surface area contributed by atoms with Crippen LogP contribution in [0.2, 0.25) is 0 Å². The normalized spacial score (nSPS) is 10.1. The Labute approximate surface area is 114 Å². The first-order chi connectivity index (χ1) is 8.70. The molecule has 18 heavy (non-hydrogen) atoms. The van der Waals surface area contributed by atoms with E-state index in [4.69, 9.17) is 0 Å². The molecule has 3 nitrogen and oxygen atoms in total. The van der Waals surface area contributed by atoms with Crippen LogP contribution in [-0.2, 0) is 5.33 Å². The molecule has 2 aromatic rings. The molecule has 0 radical (unpaired) electrons. The summed E-state index contributed by atoms with van der Waals surface area (Å²) in [4.78, 5) is 16.1. The number of pyridine rings is 1. The zero-order chi connectivity index (χ0) is 13.0. The van der Waals surface area contributed by atoms with Crippen LogP contribution < -0.4 is 5.32 Å². The van der Waals surface area contributed by atoms with E-state index >= 15 is 0 Å². The second kappa shape index (κ2) is 5.78. The van der Waals surface area contributed by atoms with Crippen LogP contribution in [0.3, 0.4) is 0 Å². The van der Waals surface area contributed by atoms with Gasteiger partial charge in [-0.2, -0.15) is 0 Å². The summed E-state index contributed by atoms with van der Waals surface area (Å²) in [5, 5.41) is 3.66. The number of carbonyl (C=O) groups is 1. The molecular formula is C14H13BrN2O. The zero-order valence-electron chi connectivity index (χ0n) is 9.98. The summed E-state index contributed by atoms with van der Waals surface area (Å²) in [6.45, 7) is 1.82. The summed E-state index contributed by atoms with van der Waals surface area (Å²) in [7, 11) is 0. The fourth-order valence-electron chi connectivity index (χ4n) is 1.60. The highest BCUT2D eigenvalue weighted by Gasteiger charge is 2.09. The number of rotatable bonds is 3. The highest BCUT2D eigenvalue weighted by molar-refractivity contribution is 9.08. The third-order valence-corrected chi connectivity index (χ3v) is 3.27. The summed E-state index contributed by atoms with van der Waals surface area (Å²) < 4.78 is 0. The van der Waals surface area contributed by atoms with Gasteiger partial charge in [-0.25, -0.2) is 0 Å². The van der Waals surface area contributed by atoms with Crippen LogP contribution in [0.4, 0.5) is 5.69 Å². The van der Waals surface area contributed by atoms with Crippen molar-refractivity contribution in [2.75, 3.05) is 5.32 Å². The molecule has 1 aromatic heterocycles. The molecule has 0 spiro atoms. The number of hydrogen-bond acceptors (Lipinski definition) is 2. The number of aromatic nitrogens is 1. The SMILES string of the molecule is Cc1ncccc1C(=O)Nc1ccc(CBr)cc1. The molecule has 0 aliphatic heterocycles. The number of nitrogens with zero attached hydrogens (tertiary/aromatic N) is 1. The van der Waals surface area contributed by atoms with Crippen LogP contribution >= 0.6 is 15.9 Å². The van der Waals surface area contributed by atoms with Gasteiger partial charge in [-0.05, 0) is 36.8 Å². The quantitative estimate of drug-likeness (QED) is 0.881. The first-order valence-electron chi connectivity index (χ1n) is 5.58. The minimum absolute atomic E-state index is 0.132. The first kappa shape index (κ1) is 12.8. The number of nitrogens with one attached hydrogen (secondary N) is 1. The van der Waals surface area contributed by atoms with Crippen molar-refractivity contribution in [3.63, 3.8) is 0 Å². The molecule has 0 aliphatic rings. The topological polar surface area (TPSA) is 42.0 Å². The molecule has 1 aromatic carbocycles. The lowest BCUT2D eigenvalue weighted by Crippen LogP contribution is -2.13. The van der Waals surface area contributed by atoms with Crippen LogP contribution in [0.15, 0.2) is 42.6 Å². The number of benzene rings is 1. The van der Waals surface area contributed by atoms with Gasteiger partial charge < -0.3 is 5.32 Å². The number of halogens is 1. The highest BCUT2D eigenvalue weighted by atomic mass is 79.9. The molecule has 0 fully saturated rings. The minimum Gasteiger partial charge on any atom is -0.322 e. The van der Waals surface area contributed by atoms with Crippen LogP contribution in [0, 0.1) is 6.92 Å². The van der Waals surface area contributed by atoms with E-state index in [9.17, 15) is 4.79 Å². The maximum Gasteiger partial charge on any atom is 0.257 e. The zero-order valence-corrected chi connectivity index (χ0v) is 11.6. The Morgan fingerprint density at radius 1 is 1.28 bits per heavy atom. The van der Waals surface area contributed by atoms with Gasteiger partial charge in [-0.3, -0.25) is 9.78 Å². The average Bonchev–Trinajstić information content (AvgIpc) is 2.40. The molecule has 0 saturated heterocycles. The largest absolute Gasteiger partial charge is 0.322 e. The Balaban J connectivity index is 2.14. The molecule has 1 amide bonds. The van der Waals surface area contributed by atoms with Gasteiger partial charge in [0.05, 0.1) is 5.56 Å². The van der Waals surface area contributed by atoms with Crippen molar-refractivity contribution >= 4 is 27.5 Å². The predicted molar refractivity (Wildman–Crippen MR) is 76.0 cm³/mol. The van der Waals surface area contributed by atoms with Crippen LogP contribution in [0.5, 0.6) is 0 Å². The maximum atomic E-state index is 12.0. The summed E-state index contributed by atoms with van der Waals surface area (Å²) >= 11 is 3.38. The average molecular weight is 305 g/mol. The molecule has 0 unspecified atom stereocenters. The summed E-state index contributed by atoms with van der Waals surface area (Å²) in [5.41, 5.74) is 3.28. The minimum atomic E-state index is -0.132. The van der Waals surface area contributed by atoms with E-state index < -0.39 is 0 Å². The van der Waals surface area contributed by atoms with Crippen molar-refractivity contribution in [2.24, 2.45) is 0 Å². The van der Waals surface area contributed by atoms with Gasteiger partial charge in [0.2, 0.25) is 0 Å². The monoisotopic (exact) mass is 304 g/mol. The Bertz CT molecular complexity index is 552. The number of anilines is 1. The van der Waals surface area contributed by atoms with E-state index in [1.807, 2.05) is 31.2 Å². The van der Waals surface area contributed by atoms with Gasteiger partial charge in [-0.15, -0.1) is 0 Å². The van der Waals surface area contributed by atoms with Crippen molar-refractivity contribution in [1.82, 2.24) is 4.98 Å². The molecule has 0 bridgehead atoms. The molecule has 1 N–H and O–H groups in total. The van der Waals surface area contributed by atoms with Crippen molar-refractivity contribution in [2.45, 2.75) is 12.3 Å². The number of hydrogen-bond donors (Lipinski definition) is 1. The number of amides is 1. The fraction of sp³-hybridized carbons (Fsp3) is 0.143. The van der Waals surface area contributed by atoms with Crippen molar-refractivity contribution in [1.29, 1.82) is 0 Å². The van der Waals surface area contributed by atoms with Gasteiger partial charge in [0.15, 0.2) is 0 Å². The van der Waals surface area contributed by atoms with Crippen molar-refractivity contribution in [3.05, 3.63) is 59.4 Å². The lowest BCUT2D eigenvalue weighted by Gasteiger charge is -2.07. The molecule has 2 rings (SSSR count). The van der Waals surface area contributed by atoms with Crippen LogP contribution in [-0.4, -0.2) is 10.9 Å². The van der Waals surface area contributed by atoms with E-state index in [1.165, 1.54) is 5.56 Å². The van der Waals surface area contributed by atoms with Gasteiger partial charge in [0, 0.05) is 22.9 Å². The van der Waals surface area contributed by atoms with Gasteiger partial charge in [0.1, 0.15) is 0 Å². The third kappa shape index (κ3) is 2.96. The highest BCUT2D eigenvalue weighted by Crippen LogP contribution is 2.13. The standard InChI is InChI=1S/C14H13BrN2O/c1-10-13(3-2-8-16-10)14(18)17-12-6-4-11(9-15)5-7-12/h2-8H,9H2,1H3,(H,17,18). The summed E-state index contributed by atoms with van der Waals surface area (Å²) in [6.07, 6.45) is 1.68. The van der Waals surface area contributed by atoms with E-state index in [1.54, 1.807) is 18.3 Å².